The highest BCUT2D eigenvalue weighted by atomic mass is 35.5. The average molecular weight is 361 g/mol. The third-order valence-corrected chi connectivity index (χ3v) is 6.47. The van der Waals surface area contributed by atoms with Crippen LogP contribution in [-0.4, -0.2) is 59.4 Å². The van der Waals surface area contributed by atoms with E-state index < -0.39 is 0 Å². The van der Waals surface area contributed by atoms with Crippen molar-refractivity contribution >= 4 is 41.4 Å². The number of thioether (sulfide) groups is 1. The maximum absolute atomic E-state index is 12.7. The van der Waals surface area contributed by atoms with Gasteiger partial charge in [0.15, 0.2) is 0 Å². The number of thiophene rings is 1. The molecule has 3 rings (SSSR count). The van der Waals surface area contributed by atoms with Crippen LogP contribution in [0.25, 0.3) is 0 Å². The van der Waals surface area contributed by atoms with Gasteiger partial charge in [0, 0.05) is 29.5 Å². The molecule has 2 saturated heterocycles. The fraction of sp³-hybridized carbons (Fsp3) is 0.688. The van der Waals surface area contributed by atoms with Crippen LogP contribution in [0.1, 0.15) is 23.3 Å². The Balaban J connectivity index is 0.00000176. The van der Waals surface area contributed by atoms with Gasteiger partial charge >= 0.3 is 0 Å². The van der Waals surface area contributed by atoms with E-state index in [-0.39, 0.29) is 12.4 Å². The van der Waals surface area contributed by atoms with Crippen molar-refractivity contribution in [2.75, 3.05) is 37.7 Å². The first-order valence-electron chi connectivity index (χ1n) is 7.86. The maximum Gasteiger partial charge on any atom is 0.228 e. The molecule has 2 fully saturated rings. The van der Waals surface area contributed by atoms with Crippen molar-refractivity contribution in [3.63, 3.8) is 0 Å². The summed E-state index contributed by atoms with van der Waals surface area (Å²) in [6.45, 7) is 6.52. The molecule has 22 heavy (non-hydrogen) atoms. The molecular weight excluding hydrogens is 336 g/mol. The Morgan fingerprint density at radius 3 is 2.77 bits per heavy atom. The quantitative estimate of drug-likeness (QED) is 0.824. The maximum atomic E-state index is 12.7. The van der Waals surface area contributed by atoms with Crippen molar-refractivity contribution in [3.05, 3.63) is 21.9 Å². The molecule has 124 valence electrons. The van der Waals surface area contributed by atoms with E-state index in [1.165, 1.54) is 36.4 Å². The zero-order valence-corrected chi connectivity index (χ0v) is 15.6. The molecule has 6 heteroatoms. The zero-order valence-electron chi connectivity index (χ0n) is 13.1. The molecule has 3 nitrogen and oxygen atoms in total. The Hall–Kier alpha value is -0.230. The van der Waals surface area contributed by atoms with Crippen molar-refractivity contribution in [1.82, 2.24) is 9.80 Å². The number of aryl methyl sites for hydroxylation is 1. The summed E-state index contributed by atoms with van der Waals surface area (Å²) < 4.78 is 0. The van der Waals surface area contributed by atoms with Crippen LogP contribution in [-0.2, 0) is 11.2 Å². The monoisotopic (exact) mass is 360 g/mol. The highest BCUT2D eigenvalue weighted by molar-refractivity contribution is 7.99. The summed E-state index contributed by atoms with van der Waals surface area (Å²) in [7, 11) is 0. The minimum atomic E-state index is 0. The normalized spacial score (nSPS) is 22.6. The summed E-state index contributed by atoms with van der Waals surface area (Å²) >= 11 is 3.71. The second kappa shape index (κ2) is 8.57. The molecule has 1 unspecified atom stereocenters. The van der Waals surface area contributed by atoms with E-state index >= 15 is 0 Å². The fourth-order valence-corrected chi connectivity index (χ4v) is 5.15. The molecule has 1 amide bonds. The zero-order chi connectivity index (χ0) is 14.7. The number of rotatable bonds is 4. The van der Waals surface area contributed by atoms with Crippen LogP contribution < -0.4 is 0 Å². The summed E-state index contributed by atoms with van der Waals surface area (Å²) in [5.41, 5.74) is 1.27. The van der Waals surface area contributed by atoms with Gasteiger partial charge in [0.2, 0.25) is 5.91 Å². The molecule has 0 N–H and O–H groups in total. The van der Waals surface area contributed by atoms with Gasteiger partial charge in [0.05, 0.1) is 12.5 Å². The van der Waals surface area contributed by atoms with E-state index in [0.717, 1.165) is 24.6 Å². The number of carbonyl (C=O) groups excluding carboxylic acids is 1. The van der Waals surface area contributed by atoms with Crippen LogP contribution in [0.15, 0.2) is 11.4 Å². The largest absolute Gasteiger partial charge is 0.336 e. The molecule has 0 spiro atoms. The summed E-state index contributed by atoms with van der Waals surface area (Å²) in [6, 6.07) is 2.56. The van der Waals surface area contributed by atoms with E-state index in [4.69, 9.17) is 0 Å². The molecule has 1 atom stereocenters. The summed E-state index contributed by atoms with van der Waals surface area (Å²) in [4.78, 5) is 18.6. The number of carbonyl (C=O) groups is 1. The number of hydrogen-bond donors (Lipinski definition) is 0. The van der Waals surface area contributed by atoms with Crippen molar-refractivity contribution in [1.29, 1.82) is 0 Å². The lowest BCUT2D eigenvalue weighted by atomic mass is 10.2. The number of halogens is 1. The molecule has 0 aromatic carbocycles. The molecule has 3 heterocycles. The molecule has 2 aliphatic heterocycles. The minimum absolute atomic E-state index is 0. The number of nitrogens with zero attached hydrogens (tertiary/aromatic N) is 2. The molecular formula is C16H25ClN2OS2. The summed E-state index contributed by atoms with van der Waals surface area (Å²) in [5.74, 6) is 2.51. The van der Waals surface area contributed by atoms with E-state index in [1.54, 1.807) is 11.3 Å². The van der Waals surface area contributed by atoms with Gasteiger partial charge in [-0.1, -0.05) is 0 Å². The molecule has 0 bridgehead atoms. The third-order valence-electron chi connectivity index (χ3n) is 4.33. The predicted octanol–water partition coefficient (Wildman–Crippen LogP) is 3.06. The molecule has 1 aromatic heterocycles. The Morgan fingerprint density at radius 1 is 1.32 bits per heavy atom. The SMILES string of the molecule is Cc1csc(CC(=O)N2CCSCC2CN2CCCC2)c1.Cl. The van der Waals surface area contributed by atoms with Crippen LogP contribution in [0.4, 0.5) is 0 Å². The van der Waals surface area contributed by atoms with Crippen LogP contribution >= 0.6 is 35.5 Å². The van der Waals surface area contributed by atoms with Crippen LogP contribution in [0.2, 0.25) is 0 Å². The topological polar surface area (TPSA) is 23.6 Å². The van der Waals surface area contributed by atoms with Gasteiger partial charge in [0.25, 0.3) is 0 Å². The standard InChI is InChI=1S/C16H24N2OS2.ClH/c1-13-8-15(21-11-13)9-16(19)18-6-7-20-12-14(18)10-17-4-2-3-5-17;/h8,11,14H,2-7,9-10,12H2,1H3;1H. The number of likely N-dealkylation sites (tertiary alicyclic amines) is 1. The van der Waals surface area contributed by atoms with Crippen molar-refractivity contribution in [3.8, 4) is 0 Å². The van der Waals surface area contributed by atoms with Crippen LogP contribution in [0.3, 0.4) is 0 Å². The van der Waals surface area contributed by atoms with Gasteiger partial charge in [-0.15, -0.1) is 23.7 Å². The fourth-order valence-electron chi connectivity index (χ4n) is 3.23. The first-order chi connectivity index (χ1) is 10.2. The molecule has 2 aliphatic rings. The van der Waals surface area contributed by atoms with Crippen LogP contribution in [0, 0.1) is 6.92 Å². The minimum Gasteiger partial charge on any atom is -0.336 e. The van der Waals surface area contributed by atoms with Crippen molar-refractivity contribution < 1.29 is 4.79 Å². The van der Waals surface area contributed by atoms with Gasteiger partial charge in [-0.3, -0.25) is 4.79 Å². The van der Waals surface area contributed by atoms with Crippen molar-refractivity contribution in [2.45, 2.75) is 32.2 Å². The van der Waals surface area contributed by atoms with Crippen molar-refractivity contribution in [2.24, 2.45) is 0 Å². The Kier molecular flexibility index (Phi) is 7.06. The van der Waals surface area contributed by atoms with Gasteiger partial charge in [-0.05, 0) is 49.9 Å². The van der Waals surface area contributed by atoms with Crippen LogP contribution in [0.5, 0.6) is 0 Å². The Bertz CT molecular complexity index is 488. The van der Waals surface area contributed by atoms with E-state index in [0.29, 0.717) is 18.4 Å². The van der Waals surface area contributed by atoms with Gasteiger partial charge in [-0.25, -0.2) is 0 Å². The number of hydrogen-bond acceptors (Lipinski definition) is 4. The lowest BCUT2D eigenvalue weighted by Gasteiger charge is -2.37. The highest BCUT2D eigenvalue weighted by Gasteiger charge is 2.29. The van der Waals surface area contributed by atoms with Gasteiger partial charge < -0.3 is 9.80 Å². The smallest absolute Gasteiger partial charge is 0.228 e. The molecule has 0 radical (unpaired) electrons. The van der Waals surface area contributed by atoms with Gasteiger partial charge in [0.1, 0.15) is 0 Å². The Morgan fingerprint density at radius 2 is 2.09 bits per heavy atom. The van der Waals surface area contributed by atoms with E-state index in [2.05, 4.69) is 28.2 Å². The van der Waals surface area contributed by atoms with Gasteiger partial charge in [-0.2, -0.15) is 11.8 Å². The predicted molar refractivity (Wildman–Crippen MR) is 98.5 cm³/mol. The average Bonchev–Trinajstić information content (AvgIpc) is 3.11. The first kappa shape index (κ1) is 18.1. The summed E-state index contributed by atoms with van der Waals surface area (Å²) in [6.07, 6.45) is 3.23. The molecule has 0 aliphatic carbocycles. The summed E-state index contributed by atoms with van der Waals surface area (Å²) in [5, 5.41) is 2.14. The van der Waals surface area contributed by atoms with E-state index in [1.807, 2.05) is 11.8 Å². The lowest BCUT2D eigenvalue weighted by molar-refractivity contribution is -0.132. The lowest BCUT2D eigenvalue weighted by Crippen LogP contribution is -2.51. The third kappa shape index (κ3) is 4.63. The van der Waals surface area contributed by atoms with E-state index in [9.17, 15) is 4.79 Å². The first-order valence-corrected chi connectivity index (χ1v) is 9.89. The number of amides is 1. The molecule has 1 aromatic rings. The Labute approximate surface area is 147 Å². The second-order valence-electron chi connectivity index (χ2n) is 6.09. The molecule has 0 saturated carbocycles. The highest BCUT2D eigenvalue weighted by Crippen LogP contribution is 2.22. The second-order valence-corrected chi connectivity index (χ2v) is 8.24.